The smallest absolute Gasteiger partial charge is 0.306 e. The van der Waals surface area contributed by atoms with Crippen LogP contribution in [0.2, 0.25) is 0 Å². The first-order valence-electron chi connectivity index (χ1n) is 6.50. The SMILES string of the molecule is Cc1cc(NC(=O)[C@@H](C)OC(=O)CCc2cccs2)on1. The van der Waals surface area contributed by atoms with Gasteiger partial charge in [-0.3, -0.25) is 14.9 Å². The molecule has 112 valence electrons. The summed E-state index contributed by atoms with van der Waals surface area (Å²) in [5.41, 5.74) is 0.658. The zero-order valence-corrected chi connectivity index (χ0v) is 12.6. The number of ether oxygens (including phenoxy) is 1. The average Bonchev–Trinajstić information content (AvgIpc) is 3.08. The summed E-state index contributed by atoms with van der Waals surface area (Å²) in [4.78, 5) is 24.6. The number of nitrogens with zero attached hydrogens (tertiary/aromatic N) is 1. The lowest BCUT2D eigenvalue weighted by molar-refractivity contribution is -0.153. The summed E-state index contributed by atoms with van der Waals surface area (Å²) in [6.07, 6.45) is -0.0164. The number of anilines is 1. The molecule has 2 heterocycles. The Labute approximate surface area is 126 Å². The highest BCUT2D eigenvalue weighted by atomic mass is 32.1. The van der Waals surface area contributed by atoms with Crippen LogP contribution in [0.15, 0.2) is 28.1 Å². The number of hydrogen-bond acceptors (Lipinski definition) is 6. The topological polar surface area (TPSA) is 81.4 Å². The molecule has 0 radical (unpaired) electrons. The van der Waals surface area contributed by atoms with Gasteiger partial charge in [0.1, 0.15) is 0 Å². The molecule has 0 unspecified atom stereocenters. The molecule has 0 aliphatic carbocycles. The van der Waals surface area contributed by atoms with Gasteiger partial charge in [0.2, 0.25) is 5.88 Å². The average molecular weight is 308 g/mol. The number of amides is 1. The molecule has 1 N–H and O–H groups in total. The van der Waals surface area contributed by atoms with Crippen molar-refractivity contribution in [2.45, 2.75) is 32.8 Å². The maximum Gasteiger partial charge on any atom is 0.306 e. The van der Waals surface area contributed by atoms with Gasteiger partial charge < -0.3 is 9.26 Å². The van der Waals surface area contributed by atoms with Crippen molar-refractivity contribution in [1.82, 2.24) is 5.16 Å². The first-order valence-corrected chi connectivity index (χ1v) is 7.38. The maximum atomic E-state index is 11.8. The quantitative estimate of drug-likeness (QED) is 0.829. The lowest BCUT2D eigenvalue weighted by Crippen LogP contribution is -2.29. The maximum absolute atomic E-state index is 11.8. The van der Waals surface area contributed by atoms with Crippen LogP contribution in [0.5, 0.6) is 0 Å². The zero-order chi connectivity index (χ0) is 15.2. The third kappa shape index (κ3) is 4.71. The number of rotatable bonds is 6. The molecule has 2 rings (SSSR count). The second-order valence-corrected chi connectivity index (χ2v) is 5.57. The summed E-state index contributed by atoms with van der Waals surface area (Å²) in [6.45, 7) is 3.26. The minimum atomic E-state index is -0.883. The van der Waals surface area contributed by atoms with E-state index in [0.717, 1.165) is 4.88 Å². The van der Waals surface area contributed by atoms with E-state index >= 15 is 0 Å². The second kappa shape index (κ2) is 7.03. The van der Waals surface area contributed by atoms with E-state index in [2.05, 4.69) is 10.5 Å². The Kier molecular flexibility index (Phi) is 5.10. The van der Waals surface area contributed by atoms with Crippen LogP contribution in [0.3, 0.4) is 0 Å². The van der Waals surface area contributed by atoms with E-state index in [4.69, 9.17) is 9.26 Å². The second-order valence-electron chi connectivity index (χ2n) is 4.53. The predicted octanol–water partition coefficient (Wildman–Crippen LogP) is 2.55. The van der Waals surface area contributed by atoms with E-state index in [-0.39, 0.29) is 12.3 Å². The van der Waals surface area contributed by atoms with Crippen LogP contribution < -0.4 is 5.32 Å². The Morgan fingerprint density at radius 1 is 1.52 bits per heavy atom. The molecule has 7 heteroatoms. The molecule has 0 saturated carbocycles. The van der Waals surface area contributed by atoms with Gasteiger partial charge in [0.05, 0.1) is 12.1 Å². The largest absolute Gasteiger partial charge is 0.453 e. The van der Waals surface area contributed by atoms with Gasteiger partial charge in [0.25, 0.3) is 5.91 Å². The summed E-state index contributed by atoms with van der Waals surface area (Å²) in [6, 6.07) is 5.48. The molecule has 2 aromatic heterocycles. The highest BCUT2D eigenvalue weighted by Crippen LogP contribution is 2.12. The molecule has 1 amide bonds. The summed E-state index contributed by atoms with van der Waals surface area (Å²) < 4.78 is 9.95. The highest BCUT2D eigenvalue weighted by molar-refractivity contribution is 7.09. The van der Waals surface area contributed by atoms with E-state index < -0.39 is 18.0 Å². The molecule has 2 aromatic rings. The molecule has 0 bridgehead atoms. The van der Waals surface area contributed by atoms with E-state index in [9.17, 15) is 9.59 Å². The molecule has 6 nitrogen and oxygen atoms in total. The van der Waals surface area contributed by atoms with Gasteiger partial charge in [0.15, 0.2) is 6.10 Å². The summed E-state index contributed by atoms with van der Waals surface area (Å²) >= 11 is 1.59. The minimum absolute atomic E-state index is 0.235. The Bertz CT molecular complexity index is 606. The molecular weight excluding hydrogens is 292 g/mol. The van der Waals surface area contributed by atoms with Crippen LogP contribution in [-0.4, -0.2) is 23.1 Å². The third-order valence-electron chi connectivity index (χ3n) is 2.71. The number of aromatic nitrogens is 1. The summed E-state index contributed by atoms with van der Waals surface area (Å²) in [5, 5.41) is 8.10. The van der Waals surface area contributed by atoms with Gasteiger partial charge in [-0.25, -0.2) is 0 Å². The van der Waals surface area contributed by atoms with Gasteiger partial charge in [-0.1, -0.05) is 11.2 Å². The summed E-state index contributed by atoms with van der Waals surface area (Å²) in [7, 11) is 0. The molecule has 0 fully saturated rings. The molecule has 0 aromatic carbocycles. The number of aryl methyl sites for hydroxylation is 2. The monoisotopic (exact) mass is 308 g/mol. The van der Waals surface area contributed by atoms with Gasteiger partial charge in [-0.15, -0.1) is 11.3 Å². The Morgan fingerprint density at radius 2 is 2.33 bits per heavy atom. The number of esters is 1. The van der Waals surface area contributed by atoms with Crippen LogP contribution in [0.1, 0.15) is 23.9 Å². The molecule has 0 aliphatic heterocycles. The standard InChI is InChI=1S/C14H16N2O4S/c1-9-8-12(20-16-9)15-14(18)10(2)19-13(17)6-5-11-4-3-7-21-11/h3-4,7-8,10H,5-6H2,1-2H3,(H,15,18)/t10-/m1/s1. The minimum Gasteiger partial charge on any atom is -0.453 e. The lowest BCUT2D eigenvalue weighted by Gasteiger charge is -2.11. The fourth-order valence-electron chi connectivity index (χ4n) is 1.64. The molecule has 1 atom stereocenters. The number of hydrogen-bond donors (Lipinski definition) is 1. The van der Waals surface area contributed by atoms with Crippen LogP contribution in [0, 0.1) is 6.92 Å². The van der Waals surface area contributed by atoms with E-state index in [1.54, 1.807) is 24.3 Å². The first-order chi connectivity index (χ1) is 10.0. The Balaban J connectivity index is 1.76. The van der Waals surface area contributed by atoms with Crippen LogP contribution in [-0.2, 0) is 20.7 Å². The van der Waals surface area contributed by atoms with Crippen molar-refractivity contribution in [3.63, 3.8) is 0 Å². The van der Waals surface area contributed by atoms with Crippen molar-refractivity contribution in [3.8, 4) is 0 Å². The van der Waals surface area contributed by atoms with Gasteiger partial charge in [-0.05, 0) is 31.7 Å². The fourth-order valence-corrected chi connectivity index (χ4v) is 2.34. The van der Waals surface area contributed by atoms with Crippen molar-refractivity contribution < 1.29 is 18.8 Å². The van der Waals surface area contributed by atoms with E-state index in [1.165, 1.54) is 6.92 Å². The van der Waals surface area contributed by atoms with Crippen molar-refractivity contribution >= 4 is 29.1 Å². The van der Waals surface area contributed by atoms with Crippen LogP contribution in [0.4, 0.5) is 5.88 Å². The Morgan fingerprint density at radius 3 is 2.95 bits per heavy atom. The van der Waals surface area contributed by atoms with E-state index in [1.807, 2.05) is 17.5 Å². The Hall–Kier alpha value is -2.15. The van der Waals surface area contributed by atoms with Crippen LogP contribution in [0.25, 0.3) is 0 Å². The fraction of sp³-hybridized carbons (Fsp3) is 0.357. The third-order valence-corrected chi connectivity index (χ3v) is 3.64. The lowest BCUT2D eigenvalue weighted by atomic mass is 10.2. The molecule has 0 aliphatic rings. The van der Waals surface area contributed by atoms with Crippen molar-refractivity contribution in [2.75, 3.05) is 5.32 Å². The van der Waals surface area contributed by atoms with Gasteiger partial charge in [-0.2, -0.15) is 0 Å². The zero-order valence-electron chi connectivity index (χ0n) is 11.8. The van der Waals surface area contributed by atoms with Crippen LogP contribution >= 0.6 is 11.3 Å². The van der Waals surface area contributed by atoms with Gasteiger partial charge in [0, 0.05) is 10.9 Å². The number of thiophene rings is 1. The van der Waals surface area contributed by atoms with Crippen molar-refractivity contribution in [3.05, 3.63) is 34.2 Å². The normalized spacial score (nSPS) is 11.9. The highest BCUT2D eigenvalue weighted by Gasteiger charge is 2.19. The first kappa shape index (κ1) is 15.2. The molecule has 21 heavy (non-hydrogen) atoms. The molecule has 0 saturated heterocycles. The van der Waals surface area contributed by atoms with Crippen molar-refractivity contribution in [1.29, 1.82) is 0 Å². The van der Waals surface area contributed by atoms with Gasteiger partial charge >= 0.3 is 5.97 Å². The summed E-state index contributed by atoms with van der Waals surface area (Å²) in [5.74, 6) is -0.616. The van der Waals surface area contributed by atoms with E-state index in [0.29, 0.717) is 12.1 Å². The number of carbonyl (C=O) groups excluding carboxylic acids is 2. The predicted molar refractivity (Wildman–Crippen MR) is 78.1 cm³/mol. The number of nitrogens with one attached hydrogen (secondary N) is 1. The number of carbonyl (C=O) groups is 2. The van der Waals surface area contributed by atoms with Crippen molar-refractivity contribution in [2.24, 2.45) is 0 Å². The molecule has 0 spiro atoms. The molecular formula is C14H16N2O4S.